The van der Waals surface area contributed by atoms with Gasteiger partial charge in [-0.25, -0.2) is 0 Å². The lowest BCUT2D eigenvalue weighted by Gasteiger charge is -2.28. The van der Waals surface area contributed by atoms with Crippen LogP contribution < -0.4 is 14.4 Å². The Morgan fingerprint density at radius 2 is 1.96 bits per heavy atom. The van der Waals surface area contributed by atoms with Crippen molar-refractivity contribution in [2.45, 2.75) is 25.1 Å². The number of hydrogen-bond donors (Lipinski definition) is 0. The zero-order valence-corrected chi connectivity index (χ0v) is 12.8. The summed E-state index contributed by atoms with van der Waals surface area (Å²) >= 11 is 0. The smallest absolute Gasteiger partial charge is 0.454 e. The molecule has 0 N–H and O–H groups in total. The number of likely N-dealkylation sites (tertiary alicyclic amines) is 1. The Balaban J connectivity index is 1.79. The van der Waals surface area contributed by atoms with Crippen LogP contribution in [0.4, 0.5) is 18.9 Å². The second-order valence-electron chi connectivity index (χ2n) is 5.59. The minimum absolute atomic E-state index is 0.0763. The van der Waals surface area contributed by atoms with Crippen LogP contribution >= 0.6 is 0 Å². The van der Waals surface area contributed by atoms with E-state index < -0.39 is 24.0 Å². The summed E-state index contributed by atoms with van der Waals surface area (Å²) in [4.78, 5) is 25.9. The fourth-order valence-electron chi connectivity index (χ4n) is 2.87. The maximum Gasteiger partial charge on any atom is 0.471 e. The van der Waals surface area contributed by atoms with E-state index in [4.69, 9.17) is 9.47 Å². The number of likely N-dealkylation sites (N-methyl/N-ethyl adjacent to an activating group) is 1. The minimum Gasteiger partial charge on any atom is -0.454 e. The molecular weight excluding hydrogens is 329 g/mol. The van der Waals surface area contributed by atoms with Crippen LogP contribution in [0.2, 0.25) is 0 Å². The zero-order valence-electron chi connectivity index (χ0n) is 12.8. The molecule has 0 aromatic heterocycles. The van der Waals surface area contributed by atoms with Crippen molar-refractivity contribution in [3.63, 3.8) is 0 Å². The minimum atomic E-state index is -4.99. The van der Waals surface area contributed by atoms with Crippen LogP contribution in [0.15, 0.2) is 18.2 Å². The van der Waals surface area contributed by atoms with Crippen LogP contribution in [0.5, 0.6) is 11.5 Å². The highest BCUT2D eigenvalue weighted by molar-refractivity contribution is 5.99. The van der Waals surface area contributed by atoms with Crippen LogP contribution in [0.1, 0.15) is 12.8 Å². The molecular formula is C15H15F3N2O4. The molecule has 2 aliphatic rings. The van der Waals surface area contributed by atoms with E-state index in [2.05, 4.69) is 0 Å². The number of benzene rings is 1. The maximum atomic E-state index is 12.7. The van der Waals surface area contributed by atoms with Gasteiger partial charge in [-0.15, -0.1) is 0 Å². The van der Waals surface area contributed by atoms with E-state index in [9.17, 15) is 22.8 Å². The summed E-state index contributed by atoms with van der Waals surface area (Å²) in [6.45, 7) is -0.00331. The number of alkyl halides is 3. The van der Waals surface area contributed by atoms with Gasteiger partial charge in [-0.3, -0.25) is 9.59 Å². The summed E-state index contributed by atoms with van der Waals surface area (Å²) in [6.07, 6.45) is -4.43. The quantitative estimate of drug-likeness (QED) is 0.823. The number of ether oxygens (including phenoxy) is 2. The van der Waals surface area contributed by atoms with E-state index in [0.717, 1.165) is 0 Å². The average molecular weight is 344 g/mol. The monoisotopic (exact) mass is 344 g/mol. The molecule has 1 aromatic rings. The lowest BCUT2D eigenvalue weighted by molar-refractivity contribution is -0.186. The molecule has 6 nitrogen and oxygen atoms in total. The molecule has 1 atom stereocenters. The van der Waals surface area contributed by atoms with Crippen molar-refractivity contribution in [1.82, 2.24) is 4.90 Å². The molecule has 1 fully saturated rings. The first-order valence-corrected chi connectivity index (χ1v) is 7.34. The third kappa shape index (κ3) is 2.85. The lowest BCUT2D eigenvalue weighted by Crippen LogP contribution is -2.50. The second kappa shape index (κ2) is 5.88. The van der Waals surface area contributed by atoms with Gasteiger partial charge in [-0.2, -0.15) is 13.2 Å². The summed E-state index contributed by atoms with van der Waals surface area (Å²) in [7, 11) is 1.45. The lowest BCUT2D eigenvalue weighted by atomic mass is 10.1. The standard InChI is InChI=1S/C15H15F3N2O4/c1-19(9-4-5-11-12(7-9)24-8-23-11)13(21)10-3-2-6-20(10)14(22)15(16,17)18/h4-5,7,10H,2-3,6,8H2,1H3. The van der Waals surface area contributed by atoms with E-state index in [0.29, 0.717) is 28.5 Å². The van der Waals surface area contributed by atoms with E-state index in [1.54, 1.807) is 18.2 Å². The first-order chi connectivity index (χ1) is 11.3. The Morgan fingerprint density at radius 3 is 2.67 bits per heavy atom. The third-order valence-electron chi connectivity index (χ3n) is 4.12. The predicted molar refractivity (Wildman–Crippen MR) is 76.8 cm³/mol. The Hall–Kier alpha value is -2.45. The Morgan fingerprint density at radius 1 is 1.25 bits per heavy atom. The number of fused-ring (bicyclic) bond motifs is 1. The van der Waals surface area contributed by atoms with Crippen LogP contribution in [0, 0.1) is 0 Å². The summed E-state index contributed by atoms with van der Waals surface area (Å²) in [5.74, 6) is -1.54. The van der Waals surface area contributed by atoms with E-state index in [-0.39, 0.29) is 19.8 Å². The highest BCUT2D eigenvalue weighted by Crippen LogP contribution is 2.36. The van der Waals surface area contributed by atoms with Crippen molar-refractivity contribution in [1.29, 1.82) is 0 Å². The fraction of sp³-hybridized carbons (Fsp3) is 0.467. The number of carbonyl (C=O) groups is 2. The third-order valence-corrected chi connectivity index (χ3v) is 4.12. The molecule has 1 unspecified atom stereocenters. The number of anilines is 1. The SMILES string of the molecule is CN(C(=O)C1CCCN1C(=O)C(F)(F)F)c1ccc2c(c1)OCO2. The van der Waals surface area contributed by atoms with Crippen LogP contribution in [0.25, 0.3) is 0 Å². The molecule has 0 spiro atoms. The Bertz CT molecular complexity index is 677. The predicted octanol–water partition coefficient (Wildman–Crippen LogP) is 1.93. The fourth-order valence-corrected chi connectivity index (χ4v) is 2.87. The number of rotatable bonds is 2. The molecule has 1 aromatic carbocycles. The van der Waals surface area contributed by atoms with Gasteiger partial charge in [0, 0.05) is 25.3 Å². The molecule has 0 aliphatic carbocycles. The van der Waals surface area contributed by atoms with Crippen LogP contribution in [-0.4, -0.2) is 49.3 Å². The molecule has 0 bridgehead atoms. The van der Waals surface area contributed by atoms with Gasteiger partial charge >= 0.3 is 12.1 Å². The highest BCUT2D eigenvalue weighted by atomic mass is 19.4. The number of carbonyl (C=O) groups excluding carboxylic acids is 2. The first-order valence-electron chi connectivity index (χ1n) is 7.34. The van der Waals surface area contributed by atoms with Crippen molar-refractivity contribution < 1.29 is 32.2 Å². The first kappa shape index (κ1) is 16.4. The number of halogens is 3. The zero-order chi connectivity index (χ0) is 17.5. The largest absolute Gasteiger partial charge is 0.471 e. The molecule has 0 saturated carbocycles. The van der Waals surface area contributed by atoms with Crippen LogP contribution in [-0.2, 0) is 9.59 Å². The van der Waals surface area contributed by atoms with Gasteiger partial charge in [0.15, 0.2) is 11.5 Å². The van der Waals surface area contributed by atoms with Crippen LogP contribution in [0.3, 0.4) is 0 Å². The van der Waals surface area contributed by atoms with Crippen molar-refractivity contribution in [3.8, 4) is 11.5 Å². The molecule has 24 heavy (non-hydrogen) atoms. The molecule has 9 heteroatoms. The number of hydrogen-bond acceptors (Lipinski definition) is 4. The van der Waals surface area contributed by atoms with Gasteiger partial charge in [-0.1, -0.05) is 0 Å². The molecule has 130 valence electrons. The van der Waals surface area contributed by atoms with E-state index >= 15 is 0 Å². The topological polar surface area (TPSA) is 59.1 Å². The normalized spacial score (nSPS) is 19.5. The van der Waals surface area contributed by atoms with Gasteiger partial charge in [0.2, 0.25) is 12.7 Å². The second-order valence-corrected chi connectivity index (χ2v) is 5.59. The highest BCUT2D eigenvalue weighted by Gasteiger charge is 2.48. The summed E-state index contributed by atoms with van der Waals surface area (Å²) in [5.41, 5.74) is 0.454. The summed E-state index contributed by atoms with van der Waals surface area (Å²) in [6, 6.07) is 3.69. The maximum absolute atomic E-state index is 12.7. The average Bonchev–Trinajstić information content (AvgIpc) is 3.19. The Kier molecular flexibility index (Phi) is 4.02. The van der Waals surface area contributed by atoms with Gasteiger partial charge in [0.05, 0.1) is 0 Å². The summed E-state index contributed by atoms with van der Waals surface area (Å²) < 4.78 is 48.4. The van der Waals surface area contributed by atoms with Crippen molar-refractivity contribution in [3.05, 3.63) is 18.2 Å². The summed E-state index contributed by atoms with van der Waals surface area (Å²) in [5, 5.41) is 0. The number of nitrogens with zero attached hydrogens (tertiary/aromatic N) is 2. The van der Waals surface area contributed by atoms with Gasteiger partial charge in [-0.05, 0) is 25.0 Å². The molecule has 3 rings (SSSR count). The van der Waals surface area contributed by atoms with Crippen molar-refractivity contribution in [2.24, 2.45) is 0 Å². The van der Waals surface area contributed by atoms with Gasteiger partial charge in [0.25, 0.3) is 0 Å². The van der Waals surface area contributed by atoms with Crippen molar-refractivity contribution in [2.75, 3.05) is 25.3 Å². The molecule has 2 aliphatic heterocycles. The van der Waals surface area contributed by atoms with E-state index in [1.807, 2.05) is 0 Å². The molecule has 1 saturated heterocycles. The van der Waals surface area contributed by atoms with Gasteiger partial charge < -0.3 is 19.3 Å². The molecule has 2 amide bonds. The number of amides is 2. The molecule has 0 radical (unpaired) electrons. The Labute approximate surface area is 135 Å². The van der Waals surface area contributed by atoms with Gasteiger partial charge in [0.1, 0.15) is 6.04 Å². The molecule has 2 heterocycles. The van der Waals surface area contributed by atoms with Crippen molar-refractivity contribution >= 4 is 17.5 Å². The van der Waals surface area contributed by atoms with E-state index in [1.165, 1.54) is 11.9 Å².